The van der Waals surface area contributed by atoms with Gasteiger partial charge in [-0.1, -0.05) is 0 Å². The number of aliphatic hydroxyl groups is 1. The zero-order valence-corrected chi connectivity index (χ0v) is 7.24. The highest BCUT2D eigenvalue weighted by Crippen LogP contribution is 2.26. The standard InChI is InChI=1S/C9H16O3/c10-7-12-6-5-8-1-3-9(11)4-2-8/h7-9,11H,1-6H2. The number of aliphatic hydroxyl groups excluding tert-OH is 1. The summed E-state index contributed by atoms with van der Waals surface area (Å²) in [5, 5.41) is 9.21. The van der Waals surface area contributed by atoms with Crippen molar-refractivity contribution in [3.8, 4) is 0 Å². The average molecular weight is 172 g/mol. The SMILES string of the molecule is O=COCCC1CCC(O)CC1. The maximum atomic E-state index is 9.84. The molecule has 0 saturated heterocycles. The lowest BCUT2D eigenvalue weighted by Gasteiger charge is -2.24. The van der Waals surface area contributed by atoms with E-state index >= 15 is 0 Å². The van der Waals surface area contributed by atoms with Crippen molar-refractivity contribution in [1.29, 1.82) is 0 Å². The molecule has 3 heteroatoms. The van der Waals surface area contributed by atoms with Gasteiger partial charge in [0.25, 0.3) is 6.47 Å². The molecule has 0 unspecified atom stereocenters. The predicted molar refractivity (Wildman–Crippen MR) is 44.6 cm³/mol. The molecule has 12 heavy (non-hydrogen) atoms. The van der Waals surface area contributed by atoms with Gasteiger partial charge in [-0.05, 0) is 38.0 Å². The molecule has 0 heterocycles. The summed E-state index contributed by atoms with van der Waals surface area (Å²) >= 11 is 0. The van der Waals surface area contributed by atoms with E-state index in [2.05, 4.69) is 4.74 Å². The van der Waals surface area contributed by atoms with Gasteiger partial charge >= 0.3 is 0 Å². The van der Waals surface area contributed by atoms with Crippen LogP contribution in [0.2, 0.25) is 0 Å². The maximum absolute atomic E-state index is 9.84. The molecule has 0 radical (unpaired) electrons. The lowest BCUT2D eigenvalue weighted by Crippen LogP contribution is -2.19. The maximum Gasteiger partial charge on any atom is 0.293 e. The van der Waals surface area contributed by atoms with Crippen LogP contribution < -0.4 is 0 Å². The monoisotopic (exact) mass is 172 g/mol. The van der Waals surface area contributed by atoms with E-state index in [4.69, 9.17) is 0 Å². The van der Waals surface area contributed by atoms with Gasteiger partial charge in [0.15, 0.2) is 0 Å². The van der Waals surface area contributed by atoms with Crippen molar-refractivity contribution < 1.29 is 14.6 Å². The predicted octanol–water partition coefficient (Wildman–Crippen LogP) is 1.10. The lowest BCUT2D eigenvalue weighted by atomic mass is 9.86. The fraction of sp³-hybridized carbons (Fsp3) is 0.889. The van der Waals surface area contributed by atoms with Crippen molar-refractivity contribution >= 4 is 6.47 Å². The Bertz CT molecular complexity index is 128. The van der Waals surface area contributed by atoms with Gasteiger partial charge in [0.05, 0.1) is 12.7 Å². The summed E-state index contributed by atoms with van der Waals surface area (Å²) in [5.41, 5.74) is 0. The lowest BCUT2D eigenvalue weighted by molar-refractivity contribution is -0.129. The molecule has 0 aromatic heterocycles. The molecule has 0 aromatic carbocycles. The topological polar surface area (TPSA) is 46.5 Å². The van der Waals surface area contributed by atoms with E-state index < -0.39 is 0 Å². The summed E-state index contributed by atoms with van der Waals surface area (Å²) < 4.78 is 4.62. The summed E-state index contributed by atoms with van der Waals surface area (Å²) in [4.78, 5) is 9.84. The Kier molecular flexibility index (Phi) is 4.08. The van der Waals surface area contributed by atoms with Gasteiger partial charge in [-0.25, -0.2) is 0 Å². The Morgan fingerprint density at radius 1 is 1.33 bits per heavy atom. The number of rotatable bonds is 4. The molecular weight excluding hydrogens is 156 g/mol. The van der Waals surface area contributed by atoms with E-state index in [0.717, 1.165) is 32.1 Å². The largest absolute Gasteiger partial charge is 0.468 e. The van der Waals surface area contributed by atoms with Gasteiger partial charge in [0, 0.05) is 0 Å². The molecule has 1 fully saturated rings. The second kappa shape index (κ2) is 5.14. The molecule has 70 valence electrons. The first-order valence-electron chi connectivity index (χ1n) is 4.56. The van der Waals surface area contributed by atoms with Crippen LogP contribution in [-0.2, 0) is 9.53 Å². The van der Waals surface area contributed by atoms with Crippen LogP contribution in [0.1, 0.15) is 32.1 Å². The third-order valence-electron chi connectivity index (χ3n) is 2.53. The fourth-order valence-electron chi connectivity index (χ4n) is 1.72. The minimum Gasteiger partial charge on any atom is -0.468 e. The first-order valence-corrected chi connectivity index (χ1v) is 4.56. The van der Waals surface area contributed by atoms with Crippen LogP contribution in [0.15, 0.2) is 0 Å². The summed E-state index contributed by atoms with van der Waals surface area (Å²) in [6.07, 6.45) is 4.82. The summed E-state index contributed by atoms with van der Waals surface area (Å²) in [6.45, 7) is 1.03. The highest BCUT2D eigenvalue weighted by atomic mass is 16.5. The van der Waals surface area contributed by atoms with Crippen LogP contribution in [-0.4, -0.2) is 24.3 Å². The first kappa shape index (κ1) is 9.52. The van der Waals surface area contributed by atoms with E-state index in [-0.39, 0.29) is 6.10 Å². The Labute approximate surface area is 72.7 Å². The van der Waals surface area contributed by atoms with Crippen LogP contribution in [0.3, 0.4) is 0 Å². The van der Waals surface area contributed by atoms with Crippen LogP contribution in [0.4, 0.5) is 0 Å². The zero-order valence-electron chi connectivity index (χ0n) is 7.24. The molecule has 0 aliphatic heterocycles. The van der Waals surface area contributed by atoms with Gasteiger partial charge < -0.3 is 9.84 Å². The number of carbonyl (C=O) groups is 1. The zero-order chi connectivity index (χ0) is 8.81. The number of ether oxygens (including phenoxy) is 1. The van der Waals surface area contributed by atoms with E-state index in [0.29, 0.717) is 19.0 Å². The fourth-order valence-corrected chi connectivity index (χ4v) is 1.72. The first-order chi connectivity index (χ1) is 5.83. The van der Waals surface area contributed by atoms with Crippen LogP contribution in [0, 0.1) is 5.92 Å². The van der Waals surface area contributed by atoms with Crippen LogP contribution in [0.25, 0.3) is 0 Å². The van der Waals surface area contributed by atoms with E-state index in [1.54, 1.807) is 0 Å². The minimum absolute atomic E-state index is 0.0896. The molecule has 1 aliphatic rings. The highest BCUT2D eigenvalue weighted by Gasteiger charge is 2.18. The molecule has 0 amide bonds. The van der Waals surface area contributed by atoms with Gasteiger partial charge in [0.2, 0.25) is 0 Å². The molecule has 0 bridgehead atoms. The quantitative estimate of drug-likeness (QED) is 0.510. The van der Waals surface area contributed by atoms with Gasteiger partial charge in [-0.15, -0.1) is 0 Å². The molecule has 1 rings (SSSR count). The number of carbonyl (C=O) groups excluding carboxylic acids is 1. The second-order valence-electron chi connectivity index (χ2n) is 3.43. The average Bonchev–Trinajstić information content (AvgIpc) is 2.09. The van der Waals surface area contributed by atoms with Crippen molar-refractivity contribution in [2.24, 2.45) is 5.92 Å². The Balaban J connectivity index is 2.05. The second-order valence-corrected chi connectivity index (χ2v) is 3.43. The van der Waals surface area contributed by atoms with Crippen molar-refractivity contribution in [1.82, 2.24) is 0 Å². The molecule has 0 aromatic rings. The minimum atomic E-state index is -0.0896. The number of hydrogen-bond donors (Lipinski definition) is 1. The third kappa shape index (κ3) is 3.22. The Hall–Kier alpha value is -0.570. The van der Waals surface area contributed by atoms with Crippen LogP contribution in [0.5, 0.6) is 0 Å². The van der Waals surface area contributed by atoms with Crippen LogP contribution >= 0.6 is 0 Å². The summed E-state index contributed by atoms with van der Waals surface area (Å²) in [7, 11) is 0. The summed E-state index contributed by atoms with van der Waals surface area (Å²) in [5.74, 6) is 0.647. The molecule has 1 saturated carbocycles. The van der Waals surface area contributed by atoms with Gasteiger partial charge in [0.1, 0.15) is 0 Å². The van der Waals surface area contributed by atoms with Crippen molar-refractivity contribution in [3.05, 3.63) is 0 Å². The number of hydrogen-bond acceptors (Lipinski definition) is 3. The third-order valence-corrected chi connectivity index (χ3v) is 2.53. The Morgan fingerprint density at radius 2 is 2.00 bits per heavy atom. The molecule has 0 atom stereocenters. The van der Waals surface area contributed by atoms with E-state index in [1.165, 1.54) is 0 Å². The Morgan fingerprint density at radius 3 is 2.58 bits per heavy atom. The van der Waals surface area contributed by atoms with Crippen molar-refractivity contribution in [3.63, 3.8) is 0 Å². The normalized spacial score (nSPS) is 29.8. The molecule has 1 N–H and O–H groups in total. The van der Waals surface area contributed by atoms with Gasteiger partial charge in [-0.2, -0.15) is 0 Å². The summed E-state index contributed by atoms with van der Waals surface area (Å²) in [6, 6.07) is 0. The smallest absolute Gasteiger partial charge is 0.293 e. The van der Waals surface area contributed by atoms with E-state index in [9.17, 15) is 9.90 Å². The van der Waals surface area contributed by atoms with Gasteiger partial charge in [-0.3, -0.25) is 4.79 Å². The molecular formula is C9H16O3. The van der Waals surface area contributed by atoms with Crippen molar-refractivity contribution in [2.75, 3.05) is 6.61 Å². The van der Waals surface area contributed by atoms with Crippen molar-refractivity contribution in [2.45, 2.75) is 38.2 Å². The highest BCUT2D eigenvalue weighted by molar-refractivity contribution is 5.36. The molecule has 1 aliphatic carbocycles. The molecule has 0 spiro atoms. The van der Waals surface area contributed by atoms with E-state index in [1.807, 2.05) is 0 Å². The molecule has 3 nitrogen and oxygen atoms in total.